The first-order valence-corrected chi connectivity index (χ1v) is 18.0. The molecule has 2 aromatic heterocycles. The molecule has 0 N–H and O–H groups in total. The predicted octanol–water partition coefficient (Wildman–Crippen LogP) is 12.0. The SMILES string of the molecule is C1=Cc2c(n(-c3ccc4c(c3)C3C=C(n5c6ccccc6c6cccc(-c7ccccc7)c65)C=CC3O4)c3c(-c4ccccc4)cccc23)CC1. The van der Waals surface area contributed by atoms with Gasteiger partial charge < -0.3 is 13.9 Å². The Balaban J connectivity index is 1.10. The maximum atomic E-state index is 6.65. The molecule has 3 heterocycles. The van der Waals surface area contributed by atoms with Crippen molar-refractivity contribution in [3.05, 3.63) is 181 Å². The predicted molar refractivity (Wildman–Crippen MR) is 212 cm³/mol. The Labute approximate surface area is 296 Å². The van der Waals surface area contributed by atoms with Crippen molar-refractivity contribution in [2.24, 2.45) is 0 Å². The number of para-hydroxylation sites is 3. The van der Waals surface area contributed by atoms with Crippen LogP contribution in [0, 0.1) is 0 Å². The summed E-state index contributed by atoms with van der Waals surface area (Å²) in [4.78, 5) is 0. The molecule has 2 aliphatic carbocycles. The normalized spacial score (nSPS) is 17.4. The van der Waals surface area contributed by atoms with E-state index in [-0.39, 0.29) is 12.0 Å². The summed E-state index contributed by atoms with van der Waals surface area (Å²) in [6.07, 6.45) is 13.6. The average molecular weight is 655 g/mol. The Morgan fingerprint density at radius 3 is 2.06 bits per heavy atom. The van der Waals surface area contributed by atoms with E-state index < -0.39 is 0 Å². The van der Waals surface area contributed by atoms with Crippen molar-refractivity contribution in [3.63, 3.8) is 0 Å². The van der Waals surface area contributed by atoms with Crippen molar-refractivity contribution in [1.82, 2.24) is 9.13 Å². The number of hydrogen-bond acceptors (Lipinski definition) is 1. The fourth-order valence-corrected chi connectivity index (χ4v) is 8.90. The van der Waals surface area contributed by atoms with Crippen LogP contribution in [-0.4, -0.2) is 15.2 Å². The van der Waals surface area contributed by atoms with Crippen molar-refractivity contribution in [2.45, 2.75) is 24.9 Å². The topological polar surface area (TPSA) is 19.1 Å². The fourth-order valence-electron chi connectivity index (χ4n) is 8.90. The van der Waals surface area contributed by atoms with Crippen LogP contribution in [0.2, 0.25) is 0 Å². The second-order valence-corrected chi connectivity index (χ2v) is 13.9. The van der Waals surface area contributed by atoms with Crippen LogP contribution in [0.25, 0.3) is 72.4 Å². The van der Waals surface area contributed by atoms with E-state index in [0.29, 0.717) is 0 Å². The number of nitrogens with zero attached hydrogens (tertiary/aromatic N) is 2. The number of allylic oxidation sites excluding steroid dienone is 3. The van der Waals surface area contributed by atoms with E-state index in [0.717, 1.165) is 18.6 Å². The van der Waals surface area contributed by atoms with E-state index in [9.17, 15) is 0 Å². The minimum atomic E-state index is -0.0428. The van der Waals surface area contributed by atoms with E-state index in [1.165, 1.54) is 83.2 Å². The molecule has 242 valence electrons. The summed E-state index contributed by atoms with van der Waals surface area (Å²) < 4.78 is 11.7. The summed E-state index contributed by atoms with van der Waals surface area (Å²) in [6.45, 7) is 0. The van der Waals surface area contributed by atoms with E-state index in [1.807, 2.05) is 0 Å². The zero-order valence-electron chi connectivity index (χ0n) is 28.0. The van der Waals surface area contributed by atoms with Crippen molar-refractivity contribution >= 4 is 44.5 Å². The lowest BCUT2D eigenvalue weighted by Crippen LogP contribution is -2.18. The van der Waals surface area contributed by atoms with E-state index in [2.05, 4.69) is 179 Å². The molecule has 0 amide bonds. The van der Waals surface area contributed by atoms with Gasteiger partial charge in [-0.1, -0.05) is 127 Å². The Kier molecular flexibility index (Phi) is 6.20. The molecule has 6 aromatic carbocycles. The minimum absolute atomic E-state index is 0.0428. The van der Waals surface area contributed by atoms with Gasteiger partial charge in [-0.3, -0.25) is 0 Å². The molecule has 11 rings (SSSR count). The van der Waals surface area contributed by atoms with Crippen LogP contribution in [0.15, 0.2) is 164 Å². The smallest absolute Gasteiger partial charge is 0.128 e. The van der Waals surface area contributed by atoms with Crippen LogP contribution in [0.3, 0.4) is 0 Å². The highest BCUT2D eigenvalue weighted by Gasteiger charge is 2.35. The van der Waals surface area contributed by atoms with Gasteiger partial charge in [0, 0.05) is 61.4 Å². The molecule has 2 atom stereocenters. The Morgan fingerprint density at radius 1 is 0.588 bits per heavy atom. The zero-order valence-corrected chi connectivity index (χ0v) is 28.0. The third-order valence-electron chi connectivity index (χ3n) is 11.1. The summed E-state index contributed by atoms with van der Waals surface area (Å²) in [5.74, 6) is 1.06. The molecule has 3 nitrogen and oxygen atoms in total. The van der Waals surface area contributed by atoms with Gasteiger partial charge in [-0.2, -0.15) is 0 Å². The molecule has 0 saturated carbocycles. The van der Waals surface area contributed by atoms with Crippen molar-refractivity contribution < 1.29 is 4.74 Å². The number of aromatic nitrogens is 2. The number of hydrogen-bond donors (Lipinski definition) is 0. The minimum Gasteiger partial charge on any atom is -0.485 e. The molecule has 2 unspecified atom stereocenters. The number of fused-ring (bicyclic) bond motifs is 9. The van der Waals surface area contributed by atoms with E-state index >= 15 is 0 Å². The van der Waals surface area contributed by atoms with Crippen molar-refractivity contribution in [1.29, 1.82) is 0 Å². The summed E-state index contributed by atoms with van der Waals surface area (Å²) >= 11 is 0. The Bertz CT molecular complexity index is 2780. The molecule has 3 heteroatoms. The third-order valence-corrected chi connectivity index (χ3v) is 11.1. The highest BCUT2D eigenvalue weighted by Crippen LogP contribution is 2.47. The number of ether oxygens (including phenoxy) is 1. The third kappa shape index (κ3) is 4.25. The van der Waals surface area contributed by atoms with Gasteiger partial charge in [0.05, 0.1) is 16.6 Å². The summed E-state index contributed by atoms with van der Waals surface area (Å²) in [6, 6.07) is 50.7. The largest absolute Gasteiger partial charge is 0.485 e. The zero-order chi connectivity index (χ0) is 33.5. The Hall–Kier alpha value is -6.32. The maximum Gasteiger partial charge on any atom is 0.128 e. The first-order valence-electron chi connectivity index (χ1n) is 18.0. The van der Waals surface area contributed by atoms with Gasteiger partial charge in [0.15, 0.2) is 0 Å². The quantitative estimate of drug-likeness (QED) is 0.185. The van der Waals surface area contributed by atoms with Crippen LogP contribution in [0.5, 0.6) is 5.75 Å². The maximum absolute atomic E-state index is 6.65. The molecule has 0 saturated heterocycles. The molecule has 0 fully saturated rings. The van der Waals surface area contributed by atoms with Crippen LogP contribution in [-0.2, 0) is 6.42 Å². The first kappa shape index (κ1) is 28.5. The van der Waals surface area contributed by atoms with Gasteiger partial charge >= 0.3 is 0 Å². The van der Waals surface area contributed by atoms with Gasteiger partial charge in [0.2, 0.25) is 0 Å². The monoisotopic (exact) mass is 654 g/mol. The summed E-state index contributed by atoms with van der Waals surface area (Å²) in [5.41, 5.74) is 15.0. The fraction of sp³-hybridized carbons (Fsp3) is 0.0833. The molecule has 3 aliphatic rings. The van der Waals surface area contributed by atoms with E-state index in [1.54, 1.807) is 0 Å². The lowest BCUT2D eigenvalue weighted by Gasteiger charge is -2.21. The van der Waals surface area contributed by atoms with Gasteiger partial charge in [0.25, 0.3) is 0 Å². The lowest BCUT2D eigenvalue weighted by atomic mass is 9.90. The van der Waals surface area contributed by atoms with Gasteiger partial charge in [-0.05, 0) is 66.5 Å². The second kappa shape index (κ2) is 11.1. The summed E-state index contributed by atoms with van der Waals surface area (Å²) in [5, 5.41) is 3.83. The van der Waals surface area contributed by atoms with Crippen molar-refractivity contribution in [2.75, 3.05) is 0 Å². The second-order valence-electron chi connectivity index (χ2n) is 13.9. The molecular formula is C48H34N2O. The lowest BCUT2D eigenvalue weighted by molar-refractivity contribution is 0.269. The molecule has 51 heavy (non-hydrogen) atoms. The van der Waals surface area contributed by atoms with Crippen molar-refractivity contribution in [3.8, 4) is 33.7 Å². The van der Waals surface area contributed by atoms with Crippen LogP contribution >= 0.6 is 0 Å². The first-order chi connectivity index (χ1) is 25.3. The Morgan fingerprint density at radius 2 is 1.27 bits per heavy atom. The molecule has 8 aromatic rings. The standard InChI is InChI=1S/C48H34N2O/c1-3-13-31(14-4-1)35-19-11-21-39-37-17-7-9-23-43(37)49(47(35)39)33-25-27-45-41(29-33)42-30-34(26-28-46(42)51-45)50-44-24-10-8-18-38(44)40-22-12-20-36(48(40)50)32-15-5-2-6-16-32/h1-9,11-23,25-30,41,45H,10,24H2. The molecule has 0 bridgehead atoms. The van der Waals surface area contributed by atoms with Crippen LogP contribution < -0.4 is 4.74 Å². The van der Waals surface area contributed by atoms with Gasteiger partial charge in [-0.15, -0.1) is 0 Å². The van der Waals surface area contributed by atoms with Gasteiger partial charge in [0.1, 0.15) is 11.9 Å². The van der Waals surface area contributed by atoms with Crippen LogP contribution in [0.4, 0.5) is 0 Å². The molecule has 0 spiro atoms. The highest BCUT2D eigenvalue weighted by molar-refractivity contribution is 6.15. The van der Waals surface area contributed by atoms with Crippen LogP contribution in [0.1, 0.15) is 29.2 Å². The van der Waals surface area contributed by atoms with E-state index in [4.69, 9.17) is 4.74 Å². The highest BCUT2D eigenvalue weighted by atomic mass is 16.5. The molecular weight excluding hydrogens is 621 g/mol. The average Bonchev–Trinajstić information content (AvgIpc) is 3.86. The molecule has 1 aliphatic heterocycles. The number of rotatable bonds is 4. The summed E-state index contributed by atoms with van der Waals surface area (Å²) in [7, 11) is 0. The molecule has 0 radical (unpaired) electrons. The van der Waals surface area contributed by atoms with Gasteiger partial charge in [-0.25, -0.2) is 0 Å². The number of benzene rings is 6.